The second kappa shape index (κ2) is 9.65. The van der Waals surface area contributed by atoms with Gasteiger partial charge in [-0.2, -0.15) is 13.2 Å². The molecule has 1 saturated heterocycles. The van der Waals surface area contributed by atoms with Crippen LogP contribution in [-0.2, 0) is 22.9 Å². The Hall–Kier alpha value is -2.34. The first kappa shape index (κ1) is 22.8. The van der Waals surface area contributed by atoms with E-state index in [4.69, 9.17) is 16.3 Å². The molecule has 1 aliphatic rings. The van der Waals surface area contributed by atoms with Crippen molar-refractivity contribution in [2.45, 2.75) is 31.0 Å². The molecule has 3 aromatic carbocycles. The number of hydrogen-bond donors (Lipinski definition) is 1. The van der Waals surface area contributed by atoms with Crippen molar-refractivity contribution >= 4 is 11.6 Å². The summed E-state index contributed by atoms with van der Waals surface area (Å²) >= 11 is 6.25. The fourth-order valence-corrected chi connectivity index (χ4v) is 4.61. The molecular formula is C26H25ClF3NO. The van der Waals surface area contributed by atoms with Crippen molar-refractivity contribution in [3.63, 3.8) is 0 Å². The predicted molar refractivity (Wildman–Crippen MR) is 122 cm³/mol. The summed E-state index contributed by atoms with van der Waals surface area (Å²) in [5, 5.41) is 3.79. The predicted octanol–water partition coefficient (Wildman–Crippen LogP) is 6.86. The molecule has 0 aliphatic carbocycles. The lowest BCUT2D eigenvalue weighted by atomic mass is 9.74. The molecule has 0 spiro atoms. The second-order valence-corrected chi connectivity index (χ2v) is 8.69. The standard InChI is InChI=1S/C26H25ClF3NO/c27-24-9-5-4-8-23(24)20-14-19(15-22(16-20)26(28,29)30)17-32-18-25(10-12-31-13-11-25)21-6-2-1-3-7-21/h1-9,14-16,31H,10-13,17-18H2. The Morgan fingerprint density at radius 1 is 0.906 bits per heavy atom. The Labute approximate surface area is 191 Å². The van der Waals surface area contributed by atoms with Crippen LogP contribution in [0.5, 0.6) is 0 Å². The van der Waals surface area contributed by atoms with Crippen molar-refractivity contribution < 1.29 is 17.9 Å². The maximum absolute atomic E-state index is 13.6. The lowest BCUT2D eigenvalue weighted by Gasteiger charge is -2.38. The SMILES string of the molecule is FC(F)(F)c1cc(COCC2(c3ccccc3)CCNCC2)cc(-c2ccccc2Cl)c1. The van der Waals surface area contributed by atoms with Crippen LogP contribution in [0, 0.1) is 0 Å². The third-order valence-electron chi connectivity index (χ3n) is 6.10. The average Bonchev–Trinajstić information content (AvgIpc) is 2.80. The minimum Gasteiger partial charge on any atom is -0.376 e. The molecule has 2 nitrogen and oxygen atoms in total. The number of halogens is 4. The van der Waals surface area contributed by atoms with Gasteiger partial charge in [0.05, 0.1) is 18.8 Å². The second-order valence-electron chi connectivity index (χ2n) is 8.29. The number of nitrogens with one attached hydrogen (secondary N) is 1. The first-order valence-corrected chi connectivity index (χ1v) is 11.1. The highest BCUT2D eigenvalue weighted by Crippen LogP contribution is 2.37. The number of hydrogen-bond acceptors (Lipinski definition) is 2. The molecule has 0 saturated carbocycles. The van der Waals surface area contributed by atoms with Crippen LogP contribution in [-0.4, -0.2) is 19.7 Å². The summed E-state index contributed by atoms with van der Waals surface area (Å²) in [4.78, 5) is 0. The van der Waals surface area contributed by atoms with Crippen molar-refractivity contribution in [2.75, 3.05) is 19.7 Å². The molecule has 168 valence electrons. The fourth-order valence-electron chi connectivity index (χ4n) is 4.37. The number of ether oxygens (including phenoxy) is 1. The Kier molecular flexibility index (Phi) is 6.89. The molecule has 1 aliphatic heterocycles. The van der Waals surface area contributed by atoms with Crippen molar-refractivity contribution in [2.24, 2.45) is 0 Å². The molecule has 0 aromatic heterocycles. The number of benzene rings is 3. The lowest BCUT2D eigenvalue weighted by molar-refractivity contribution is -0.137. The molecule has 0 amide bonds. The molecule has 6 heteroatoms. The van der Waals surface area contributed by atoms with E-state index in [1.807, 2.05) is 18.2 Å². The maximum Gasteiger partial charge on any atom is 0.416 e. The minimum absolute atomic E-state index is 0.101. The maximum atomic E-state index is 13.6. The molecular weight excluding hydrogens is 435 g/mol. The van der Waals surface area contributed by atoms with Crippen LogP contribution in [0.2, 0.25) is 5.02 Å². The van der Waals surface area contributed by atoms with E-state index >= 15 is 0 Å². The van der Waals surface area contributed by atoms with Crippen LogP contribution in [0.15, 0.2) is 72.8 Å². The van der Waals surface area contributed by atoms with Crippen molar-refractivity contribution in [3.8, 4) is 11.1 Å². The molecule has 0 radical (unpaired) electrons. The first-order chi connectivity index (χ1) is 15.4. The Balaban J connectivity index is 1.58. The lowest BCUT2D eigenvalue weighted by Crippen LogP contribution is -2.43. The third-order valence-corrected chi connectivity index (χ3v) is 6.43. The van der Waals surface area contributed by atoms with Gasteiger partial charge in [-0.15, -0.1) is 0 Å². The van der Waals surface area contributed by atoms with E-state index in [0.717, 1.165) is 38.1 Å². The van der Waals surface area contributed by atoms with Gasteiger partial charge < -0.3 is 10.1 Å². The van der Waals surface area contributed by atoms with E-state index < -0.39 is 11.7 Å². The molecule has 32 heavy (non-hydrogen) atoms. The van der Waals surface area contributed by atoms with Crippen molar-refractivity contribution in [3.05, 3.63) is 94.5 Å². The number of piperidine rings is 1. The van der Waals surface area contributed by atoms with Gasteiger partial charge in [-0.05, 0) is 66.9 Å². The van der Waals surface area contributed by atoms with Gasteiger partial charge in [0.2, 0.25) is 0 Å². The van der Waals surface area contributed by atoms with Crippen LogP contribution < -0.4 is 5.32 Å². The fraction of sp³-hybridized carbons (Fsp3) is 0.308. The summed E-state index contributed by atoms with van der Waals surface area (Å²) in [5.41, 5.74) is 1.85. The normalized spacial score (nSPS) is 16.1. The van der Waals surface area contributed by atoms with Gasteiger partial charge in [0, 0.05) is 16.0 Å². The molecule has 0 bridgehead atoms. The molecule has 0 unspecified atom stereocenters. The highest BCUT2D eigenvalue weighted by atomic mass is 35.5. The van der Waals surface area contributed by atoms with E-state index in [1.54, 1.807) is 30.3 Å². The molecule has 0 atom stereocenters. The molecule has 1 heterocycles. The third kappa shape index (κ3) is 5.17. The zero-order valence-electron chi connectivity index (χ0n) is 17.6. The number of rotatable bonds is 6. The van der Waals surface area contributed by atoms with Gasteiger partial charge in [0.25, 0.3) is 0 Å². The Bertz CT molecular complexity index is 1050. The van der Waals surface area contributed by atoms with Gasteiger partial charge in [-0.3, -0.25) is 0 Å². The average molecular weight is 460 g/mol. The van der Waals surface area contributed by atoms with Gasteiger partial charge >= 0.3 is 6.18 Å². The monoisotopic (exact) mass is 459 g/mol. The molecule has 1 fully saturated rings. The van der Waals surface area contributed by atoms with Gasteiger partial charge in [-0.25, -0.2) is 0 Å². The summed E-state index contributed by atoms with van der Waals surface area (Å²) in [6.45, 7) is 2.33. The summed E-state index contributed by atoms with van der Waals surface area (Å²) in [6, 6.07) is 21.2. The van der Waals surface area contributed by atoms with Crippen molar-refractivity contribution in [1.82, 2.24) is 5.32 Å². The first-order valence-electron chi connectivity index (χ1n) is 10.7. The zero-order valence-corrected chi connectivity index (χ0v) is 18.3. The van der Waals surface area contributed by atoms with E-state index in [-0.39, 0.29) is 12.0 Å². The van der Waals surface area contributed by atoms with Crippen LogP contribution in [0.1, 0.15) is 29.5 Å². The largest absolute Gasteiger partial charge is 0.416 e. The zero-order chi connectivity index (χ0) is 22.6. The summed E-state index contributed by atoms with van der Waals surface area (Å²) in [6.07, 6.45) is -2.61. The van der Waals surface area contributed by atoms with Crippen LogP contribution in [0.3, 0.4) is 0 Å². The van der Waals surface area contributed by atoms with Crippen LogP contribution in [0.4, 0.5) is 13.2 Å². The highest BCUT2D eigenvalue weighted by Gasteiger charge is 2.34. The Morgan fingerprint density at radius 3 is 2.28 bits per heavy atom. The van der Waals surface area contributed by atoms with E-state index in [0.29, 0.717) is 28.3 Å². The van der Waals surface area contributed by atoms with Crippen LogP contribution >= 0.6 is 11.6 Å². The Morgan fingerprint density at radius 2 is 1.59 bits per heavy atom. The van der Waals surface area contributed by atoms with Gasteiger partial charge in [-0.1, -0.05) is 60.1 Å². The molecule has 3 aromatic rings. The summed E-state index contributed by atoms with van der Waals surface area (Å²) < 4.78 is 46.8. The van der Waals surface area contributed by atoms with Gasteiger partial charge in [0.15, 0.2) is 0 Å². The van der Waals surface area contributed by atoms with E-state index in [2.05, 4.69) is 17.4 Å². The number of alkyl halides is 3. The van der Waals surface area contributed by atoms with Gasteiger partial charge in [0.1, 0.15) is 0 Å². The molecule has 4 rings (SSSR count). The summed E-state index contributed by atoms with van der Waals surface area (Å²) in [5.74, 6) is 0. The summed E-state index contributed by atoms with van der Waals surface area (Å²) in [7, 11) is 0. The van der Waals surface area contributed by atoms with E-state index in [9.17, 15) is 13.2 Å². The molecule has 1 N–H and O–H groups in total. The quantitative estimate of drug-likeness (QED) is 0.434. The van der Waals surface area contributed by atoms with Crippen LogP contribution in [0.25, 0.3) is 11.1 Å². The smallest absolute Gasteiger partial charge is 0.376 e. The topological polar surface area (TPSA) is 21.3 Å². The minimum atomic E-state index is -4.45. The van der Waals surface area contributed by atoms with Crippen molar-refractivity contribution in [1.29, 1.82) is 0 Å². The van der Waals surface area contributed by atoms with E-state index in [1.165, 1.54) is 5.56 Å². The highest BCUT2D eigenvalue weighted by molar-refractivity contribution is 6.33.